The second kappa shape index (κ2) is 14.4. The molecule has 5 heteroatoms. The van der Waals surface area contributed by atoms with E-state index in [9.17, 15) is 4.79 Å². The third kappa shape index (κ3) is 12.1. The van der Waals surface area contributed by atoms with E-state index in [1.165, 1.54) is 58.4 Å². The number of hydrogen-bond acceptors (Lipinski definition) is 4. The number of carboxylic acid groups (broad SMARTS) is 1. The number of azo groups is 1. The van der Waals surface area contributed by atoms with Crippen LogP contribution in [0.2, 0.25) is 0 Å². The number of ether oxygens (including phenoxy) is 1. The standard InChI is InChI=1S/C15H30N2O3/c1-3-4-5-6-7-8-9-10-11-12-13-20-14(15(18)19)17-16-2/h14H,3-13H2,1-2H3,(H,18,19). The molecule has 0 fully saturated rings. The summed E-state index contributed by atoms with van der Waals surface area (Å²) in [5, 5.41) is 15.7. The number of carboxylic acids is 1. The van der Waals surface area contributed by atoms with Crippen molar-refractivity contribution < 1.29 is 14.6 Å². The summed E-state index contributed by atoms with van der Waals surface area (Å²) >= 11 is 0. The summed E-state index contributed by atoms with van der Waals surface area (Å²) in [5.74, 6) is -1.08. The van der Waals surface area contributed by atoms with Gasteiger partial charge in [0.05, 0.1) is 0 Å². The molecule has 0 radical (unpaired) electrons. The van der Waals surface area contributed by atoms with Crippen LogP contribution in [0.3, 0.4) is 0 Å². The van der Waals surface area contributed by atoms with Crippen molar-refractivity contribution in [1.29, 1.82) is 0 Å². The summed E-state index contributed by atoms with van der Waals surface area (Å²) in [6, 6.07) is 0. The molecule has 0 spiro atoms. The molecular weight excluding hydrogens is 256 g/mol. The third-order valence-electron chi connectivity index (χ3n) is 3.21. The Bertz CT molecular complexity index is 258. The molecule has 0 aromatic carbocycles. The van der Waals surface area contributed by atoms with Gasteiger partial charge >= 0.3 is 5.97 Å². The fraction of sp³-hybridized carbons (Fsp3) is 0.933. The molecule has 5 nitrogen and oxygen atoms in total. The largest absolute Gasteiger partial charge is 0.478 e. The van der Waals surface area contributed by atoms with Gasteiger partial charge in [-0.1, -0.05) is 64.7 Å². The maximum absolute atomic E-state index is 10.7. The van der Waals surface area contributed by atoms with E-state index in [0.29, 0.717) is 6.61 Å². The lowest BCUT2D eigenvalue weighted by Crippen LogP contribution is -2.21. The quantitative estimate of drug-likeness (QED) is 0.379. The predicted molar refractivity (Wildman–Crippen MR) is 80.0 cm³/mol. The van der Waals surface area contributed by atoms with Gasteiger partial charge in [0, 0.05) is 13.7 Å². The van der Waals surface area contributed by atoms with Gasteiger partial charge in [-0.15, -0.1) is 5.11 Å². The Morgan fingerprint density at radius 1 is 1.00 bits per heavy atom. The zero-order valence-electron chi connectivity index (χ0n) is 13.0. The molecule has 20 heavy (non-hydrogen) atoms. The molecule has 0 amide bonds. The van der Waals surface area contributed by atoms with Crippen LogP contribution in [0.4, 0.5) is 0 Å². The minimum absolute atomic E-state index is 0.437. The van der Waals surface area contributed by atoms with Crippen molar-refractivity contribution in [3.8, 4) is 0 Å². The smallest absolute Gasteiger partial charge is 0.357 e. The van der Waals surface area contributed by atoms with Crippen molar-refractivity contribution in [3.05, 3.63) is 0 Å². The summed E-state index contributed by atoms with van der Waals surface area (Å²) in [7, 11) is 1.44. The first-order valence-corrected chi connectivity index (χ1v) is 7.85. The van der Waals surface area contributed by atoms with Gasteiger partial charge in [-0.2, -0.15) is 5.11 Å². The van der Waals surface area contributed by atoms with E-state index in [1.54, 1.807) is 0 Å². The molecule has 118 valence electrons. The van der Waals surface area contributed by atoms with Crippen molar-refractivity contribution in [1.82, 2.24) is 0 Å². The number of carbonyl (C=O) groups is 1. The second-order valence-electron chi connectivity index (χ2n) is 5.06. The zero-order valence-corrected chi connectivity index (χ0v) is 13.0. The highest BCUT2D eigenvalue weighted by Gasteiger charge is 2.15. The molecule has 0 aromatic heterocycles. The van der Waals surface area contributed by atoms with Crippen LogP contribution < -0.4 is 0 Å². The Hall–Kier alpha value is -0.970. The third-order valence-corrected chi connectivity index (χ3v) is 3.21. The van der Waals surface area contributed by atoms with Crippen LogP contribution in [0.15, 0.2) is 10.2 Å². The predicted octanol–water partition coefficient (Wildman–Crippen LogP) is 4.42. The van der Waals surface area contributed by atoms with Crippen LogP contribution in [0.5, 0.6) is 0 Å². The van der Waals surface area contributed by atoms with E-state index in [0.717, 1.165) is 12.8 Å². The first kappa shape index (κ1) is 19.0. The van der Waals surface area contributed by atoms with E-state index in [1.807, 2.05) is 0 Å². The summed E-state index contributed by atoms with van der Waals surface area (Å²) in [4.78, 5) is 10.7. The lowest BCUT2D eigenvalue weighted by atomic mass is 10.1. The van der Waals surface area contributed by atoms with Crippen molar-refractivity contribution in [2.45, 2.75) is 77.4 Å². The summed E-state index contributed by atoms with van der Waals surface area (Å²) in [6.07, 6.45) is 11.3. The van der Waals surface area contributed by atoms with Crippen molar-refractivity contribution in [2.24, 2.45) is 10.2 Å². The van der Waals surface area contributed by atoms with Gasteiger partial charge in [0.2, 0.25) is 0 Å². The van der Waals surface area contributed by atoms with Gasteiger partial charge in [0.15, 0.2) is 0 Å². The molecule has 0 saturated heterocycles. The first-order chi connectivity index (χ1) is 9.72. The molecule has 0 rings (SSSR count). The Morgan fingerprint density at radius 2 is 1.50 bits per heavy atom. The summed E-state index contributed by atoms with van der Waals surface area (Å²) in [5.41, 5.74) is 0. The molecule has 0 saturated carbocycles. The molecule has 0 aliphatic heterocycles. The topological polar surface area (TPSA) is 71.2 Å². The van der Waals surface area contributed by atoms with Crippen LogP contribution in [-0.4, -0.2) is 31.0 Å². The highest BCUT2D eigenvalue weighted by atomic mass is 16.5. The number of nitrogens with zero attached hydrogens (tertiary/aromatic N) is 2. The van der Waals surface area contributed by atoms with Gasteiger partial charge in [0.25, 0.3) is 6.23 Å². The molecule has 1 N–H and O–H groups in total. The maximum Gasteiger partial charge on any atom is 0.357 e. The van der Waals surface area contributed by atoms with E-state index in [4.69, 9.17) is 9.84 Å². The van der Waals surface area contributed by atoms with Crippen LogP contribution in [-0.2, 0) is 9.53 Å². The average Bonchev–Trinajstić information content (AvgIpc) is 2.43. The number of unbranched alkanes of at least 4 members (excludes halogenated alkanes) is 9. The monoisotopic (exact) mass is 286 g/mol. The van der Waals surface area contributed by atoms with Gasteiger partial charge in [-0.25, -0.2) is 4.79 Å². The molecule has 1 atom stereocenters. The van der Waals surface area contributed by atoms with Crippen LogP contribution in [0.1, 0.15) is 71.1 Å². The van der Waals surface area contributed by atoms with Crippen LogP contribution >= 0.6 is 0 Å². The lowest BCUT2D eigenvalue weighted by molar-refractivity contribution is -0.150. The molecular formula is C15H30N2O3. The number of hydrogen-bond donors (Lipinski definition) is 1. The normalized spacial score (nSPS) is 12.9. The maximum atomic E-state index is 10.7. The lowest BCUT2D eigenvalue weighted by Gasteiger charge is -2.07. The minimum atomic E-state index is -1.14. The molecule has 0 heterocycles. The van der Waals surface area contributed by atoms with Gasteiger partial charge in [0.1, 0.15) is 0 Å². The fourth-order valence-corrected chi connectivity index (χ4v) is 2.04. The second-order valence-corrected chi connectivity index (χ2v) is 5.06. The summed E-state index contributed by atoms with van der Waals surface area (Å²) in [6.45, 7) is 2.67. The highest BCUT2D eigenvalue weighted by Crippen LogP contribution is 2.10. The SMILES string of the molecule is CCCCCCCCCCCCOC(N=NC)C(=O)O. The zero-order chi connectivity index (χ0) is 15.1. The van der Waals surface area contributed by atoms with E-state index < -0.39 is 12.2 Å². The van der Waals surface area contributed by atoms with E-state index in [2.05, 4.69) is 17.2 Å². The molecule has 1 unspecified atom stereocenters. The fourth-order valence-electron chi connectivity index (χ4n) is 2.04. The number of rotatable bonds is 14. The highest BCUT2D eigenvalue weighted by molar-refractivity contribution is 5.71. The Labute approximate surface area is 122 Å². The Morgan fingerprint density at radius 3 is 1.95 bits per heavy atom. The van der Waals surface area contributed by atoms with Crippen LogP contribution in [0, 0.1) is 0 Å². The molecule has 0 bridgehead atoms. The Balaban J connectivity index is 3.29. The number of aliphatic carboxylic acids is 1. The first-order valence-electron chi connectivity index (χ1n) is 7.85. The van der Waals surface area contributed by atoms with Gasteiger partial charge in [-0.3, -0.25) is 0 Å². The van der Waals surface area contributed by atoms with E-state index in [-0.39, 0.29) is 0 Å². The summed E-state index contributed by atoms with van der Waals surface area (Å²) < 4.78 is 5.16. The average molecular weight is 286 g/mol. The molecule has 0 aliphatic rings. The molecule has 0 aromatic rings. The molecule has 0 aliphatic carbocycles. The van der Waals surface area contributed by atoms with Gasteiger partial charge in [-0.05, 0) is 6.42 Å². The minimum Gasteiger partial charge on any atom is -0.478 e. The Kier molecular flexibility index (Phi) is 13.7. The van der Waals surface area contributed by atoms with Crippen LogP contribution in [0.25, 0.3) is 0 Å². The van der Waals surface area contributed by atoms with Crippen molar-refractivity contribution in [2.75, 3.05) is 13.7 Å². The van der Waals surface area contributed by atoms with E-state index >= 15 is 0 Å². The van der Waals surface area contributed by atoms with Crippen molar-refractivity contribution >= 4 is 5.97 Å². The van der Waals surface area contributed by atoms with Gasteiger partial charge < -0.3 is 9.84 Å². The van der Waals surface area contributed by atoms with Crippen molar-refractivity contribution in [3.63, 3.8) is 0 Å².